The number of nitrogens with one attached hydrogen (secondary N) is 1. The van der Waals surface area contributed by atoms with Crippen molar-refractivity contribution in [3.8, 4) is 0 Å². The number of fused-ring (bicyclic) bond motifs is 1. The lowest BCUT2D eigenvalue weighted by molar-refractivity contribution is -0.135. The van der Waals surface area contributed by atoms with Gasteiger partial charge in [0.2, 0.25) is 15.9 Å². The molecule has 3 aromatic rings. The largest absolute Gasteiger partial charge is 0.361 e. The lowest BCUT2D eigenvalue weighted by Gasteiger charge is -2.33. The maximum atomic E-state index is 13.1. The van der Waals surface area contributed by atoms with Gasteiger partial charge in [0.15, 0.2) is 0 Å². The summed E-state index contributed by atoms with van der Waals surface area (Å²) < 4.78 is 27.7. The Balaban J connectivity index is 1.41. The fourth-order valence-electron chi connectivity index (χ4n) is 4.50. The highest BCUT2D eigenvalue weighted by Gasteiger charge is 2.33. The van der Waals surface area contributed by atoms with Crippen LogP contribution in [-0.4, -0.2) is 48.7 Å². The van der Waals surface area contributed by atoms with Crippen LogP contribution in [0.5, 0.6) is 0 Å². The van der Waals surface area contributed by atoms with E-state index in [0.717, 1.165) is 27.6 Å². The van der Waals surface area contributed by atoms with Gasteiger partial charge in [-0.1, -0.05) is 29.8 Å². The summed E-state index contributed by atoms with van der Waals surface area (Å²) in [6.07, 6.45) is 2.99. The minimum absolute atomic E-state index is 0.0797. The van der Waals surface area contributed by atoms with Crippen LogP contribution in [0.1, 0.15) is 29.5 Å². The molecule has 1 amide bonds. The van der Waals surface area contributed by atoms with Gasteiger partial charge in [-0.15, -0.1) is 0 Å². The Morgan fingerprint density at radius 2 is 1.87 bits per heavy atom. The quantitative estimate of drug-likeness (QED) is 0.656. The zero-order valence-corrected chi connectivity index (χ0v) is 19.1. The second-order valence-electron chi connectivity index (χ2n) is 8.50. The van der Waals surface area contributed by atoms with Crippen LogP contribution in [0.2, 0.25) is 0 Å². The number of sulfonamides is 1. The number of nitrogens with zero attached hydrogens (tertiary/aromatic N) is 2. The molecule has 0 radical (unpaired) electrons. The molecule has 0 atom stereocenters. The molecule has 1 aliphatic heterocycles. The smallest absolute Gasteiger partial charge is 0.243 e. The fourth-order valence-corrected chi connectivity index (χ4v) is 6.18. The van der Waals surface area contributed by atoms with Gasteiger partial charge in [0.1, 0.15) is 0 Å². The Labute approximate surface area is 183 Å². The summed E-state index contributed by atoms with van der Waals surface area (Å²) in [4.78, 5) is 18.4. The Kier molecular flexibility index (Phi) is 5.90. The van der Waals surface area contributed by atoms with E-state index in [2.05, 4.69) is 4.98 Å². The summed E-state index contributed by atoms with van der Waals surface area (Å²) in [7, 11) is -1.71. The number of hydrogen-bond donors (Lipinski definition) is 1. The lowest BCUT2D eigenvalue weighted by Crippen LogP contribution is -2.43. The highest BCUT2D eigenvalue weighted by atomic mass is 32.2. The van der Waals surface area contributed by atoms with E-state index in [1.54, 1.807) is 11.0 Å². The van der Waals surface area contributed by atoms with Crippen molar-refractivity contribution < 1.29 is 13.2 Å². The van der Waals surface area contributed by atoms with E-state index in [1.165, 1.54) is 4.31 Å². The van der Waals surface area contributed by atoms with Crippen LogP contribution in [0.4, 0.5) is 0 Å². The molecule has 164 valence electrons. The van der Waals surface area contributed by atoms with Crippen molar-refractivity contribution in [1.29, 1.82) is 0 Å². The predicted molar refractivity (Wildman–Crippen MR) is 122 cm³/mol. The number of amides is 1. The summed E-state index contributed by atoms with van der Waals surface area (Å²) in [5.74, 6) is -0.0721. The second kappa shape index (κ2) is 8.48. The molecule has 6 nitrogen and oxygen atoms in total. The molecular weight excluding hydrogens is 410 g/mol. The van der Waals surface area contributed by atoms with Gasteiger partial charge in [-0.3, -0.25) is 4.79 Å². The molecule has 0 spiro atoms. The van der Waals surface area contributed by atoms with Crippen molar-refractivity contribution in [2.45, 2.75) is 38.1 Å². The number of rotatable bonds is 5. The number of H-pyrrole nitrogens is 1. The predicted octanol–water partition coefficient (Wildman–Crippen LogP) is 3.84. The van der Waals surface area contributed by atoms with Gasteiger partial charge in [-0.05, 0) is 56.0 Å². The molecule has 2 heterocycles. The molecule has 2 aromatic carbocycles. The summed E-state index contributed by atoms with van der Waals surface area (Å²) in [5.41, 5.74) is 3.96. The standard InChI is InChI=1S/C24H29N3O3S/c1-17-7-8-23(18(2)15-17)31(29,30)27-13-10-19(11-14-27)24(28)26(3)16-20-5-4-6-22-21(20)9-12-25-22/h4-9,12,15,19,25H,10-11,13-14,16H2,1-3H3. The second-order valence-corrected chi connectivity index (χ2v) is 10.4. The summed E-state index contributed by atoms with van der Waals surface area (Å²) in [6.45, 7) is 5.05. The number of aromatic nitrogens is 1. The van der Waals surface area contributed by atoms with Crippen molar-refractivity contribution in [2.24, 2.45) is 5.92 Å². The monoisotopic (exact) mass is 439 g/mol. The Bertz CT molecular complexity index is 1210. The van der Waals surface area contributed by atoms with Crippen LogP contribution in [0.15, 0.2) is 53.6 Å². The number of piperidine rings is 1. The van der Waals surface area contributed by atoms with Gasteiger partial charge in [0, 0.05) is 49.7 Å². The fraction of sp³-hybridized carbons (Fsp3) is 0.375. The van der Waals surface area contributed by atoms with E-state index >= 15 is 0 Å². The van der Waals surface area contributed by atoms with Crippen molar-refractivity contribution in [1.82, 2.24) is 14.2 Å². The molecule has 4 rings (SSSR count). The number of carbonyl (C=O) groups is 1. The average Bonchev–Trinajstić information content (AvgIpc) is 3.23. The van der Waals surface area contributed by atoms with Crippen LogP contribution in [0, 0.1) is 19.8 Å². The average molecular weight is 440 g/mol. The number of benzene rings is 2. The molecule has 0 bridgehead atoms. The highest BCUT2D eigenvalue weighted by molar-refractivity contribution is 7.89. The number of aromatic amines is 1. The minimum Gasteiger partial charge on any atom is -0.361 e. The molecule has 31 heavy (non-hydrogen) atoms. The molecule has 0 unspecified atom stereocenters. The van der Waals surface area contributed by atoms with E-state index in [9.17, 15) is 13.2 Å². The molecular formula is C24H29N3O3S. The summed E-state index contributed by atoms with van der Waals surface area (Å²) in [5, 5.41) is 1.12. The molecule has 1 aliphatic rings. The molecule has 0 aliphatic carbocycles. The topological polar surface area (TPSA) is 73.5 Å². The van der Waals surface area contributed by atoms with E-state index in [4.69, 9.17) is 0 Å². The Hall–Kier alpha value is -2.64. The Morgan fingerprint density at radius 1 is 1.13 bits per heavy atom. The molecule has 0 saturated carbocycles. The maximum Gasteiger partial charge on any atom is 0.243 e. The SMILES string of the molecule is Cc1ccc(S(=O)(=O)N2CCC(C(=O)N(C)Cc3cccc4[nH]ccc34)CC2)c(C)c1. The Morgan fingerprint density at radius 3 is 2.58 bits per heavy atom. The number of aryl methyl sites for hydroxylation is 2. The van der Waals surface area contributed by atoms with Gasteiger partial charge in [0.25, 0.3) is 0 Å². The van der Waals surface area contributed by atoms with Gasteiger partial charge in [-0.25, -0.2) is 8.42 Å². The third-order valence-electron chi connectivity index (χ3n) is 6.22. The molecule has 1 fully saturated rings. The van der Waals surface area contributed by atoms with Crippen LogP contribution < -0.4 is 0 Å². The number of carbonyl (C=O) groups excluding carboxylic acids is 1. The van der Waals surface area contributed by atoms with Gasteiger partial charge in [-0.2, -0.15) is 4.31 Å². The molecule has 7 heteroatoms. The van der Waals surface area contributed by atoms with E-state index in [-0.39, 0.29) is 11.8 Å². The number of hydrogen-bond acceptors (Lipinski definition) is 3. The molecule has 1 aromatic heterocycles. The first kappa shape index (κ1) is 21.6. The van der Waals surface area contributed by atoms with E-state index < -0.39 is 10.0 Å². The van der Waals surface area contributed by atoms with Crippen LogP contribution >= 0.6 is 0 Å². The van der Waals surface area contributed by atoms with Crippen molar-refractivity contribution >= 4 is 26.8 Å². The van der Waals surface area contributed by atoms with Gasteiger partial charge >= 0.3 is 0 Å². The van der Waals surface area contributed by atoms with Crippen LogP contribution in [-0.2, 0) is 21.4 Å². The first-order valence-electron chi connectivity index (χ1n) is 10.6. The maximum absolute atomic E-state index is 13.1. The minimum atomic E-state index is -3.54. The molecule has 1 N–H and O–H groups in total. The highest BCUT2D eigenvalue weighted by Crippen LogP contribution is 2.28. The van der Waals surface area contributed by atoms with E-state index in [1.807, 2.05) is 63.5 Å². The van der Waals surface area contributed by atoms with E-state index in [0.29, 0.717) is 37.4 Å². The third kappa shape index (κ3) is 4.25. The lowest BCUT2D eigenvalue weighted by atomic mass is 9.96. The first-order chi connectivity index (χ1) is 14.8. The van der Waals surface area contributed by atoms with Crippen molar-refractivity contribution in [3.05, 3.63) is 65.4 Å². The van der Waals surface area contributed by atoms with Crippen molar-refractivity contribution in [2.75, 3.05) is 20.1 Å². The van der Waals surface area contributed by atoms with Crippen LogP contribution in [0.3, 0.4) is 0 Å². The zero-order valence-electron chi connectivity index (χ0n) is 18.3. The van der Waals surface area contributed by atoms with Gasteiger partial charge < -0.3 is 9.88 Å². The van der Waals surface area contributed by atoms with Crippen molar-refractivity contribution in [3.63, 3.8) is 0 Å². The summed E-state index contributed by atoms with van der Waals surface area (Å²) in [6, 6.07) is 13.5. The third-order valence-corrected chi connectivity index (χ3v) is 8.28. The summed E-state index contributed by atoms with van der Waals surface area (Å²) >= 11 is 0. The first-order valence-corrected chi connectivity index (χ1v) is 12.1. The van der Waals surface area contributed by atoms with Gasteiger partial charge in [0.05, 0.1) is 4.90 Å². The zero-order chi connectivity index (χ0) is 22.2. The van der Waals surface area contributed by atoms with Crippen LogP contribution in [0.25, 0.3) is 10.9 Å². The normalized spacial score (nSPS) is 16.0. The molecule has 1 saturated heterocycles.